The standard InChI is InChI=1S/C12H21N3O/c1-5-9-6-10(15(4)14-9)7-11(16)12(13)8(2)3/h6,8,12H,5,7,13H2,1-4H3. The van der Waals surface area contributed by atoms with Gasteiger partial charge < -0.3 is 5.73 Å². The largest absolute Gasteiger partial charge is 0.321 e. The Kier molecular flexibility index (Phi) is 4.24. The molecule has 0 aliphatic heterocycles. The summed E-state index contributed by atoms with van der Waals surface area (Å²) in [5.74, 6) is 0.270. The highest BCUT2D eigenvalue weighted by Gasteiger charge is 2.19. The molecule has 1 heterocycles. The number of carbonyl (C=O) groups excluding carboxylic acids is 1. The van der Waals surface area contributed by atoms with Gasteiger partial charge in [0, 0.05) is 12.7 Å². The lowest BCUT2D eigenvalue weighted by molar-refractivity contribution is -0.120. The van der Waals surface area contributed by atoms with Crippen LogP contribution in [0.15, 0.2) is 6.07 Å². The Balaban J connectivity index is 2.73. The van der Waals surface area contributed by atoms with E-state index >= 15 is 0 Å². The van der Waals surface area contributed by atoms with Crippen molar-refractivity contribution in [2.45, 2.75) is 39.7 Å². The summed E-state index contributed by atoms with van der Waals surface area (Å²) in [6.45, 7) is 5.97. The highest BCUT2D eigenvalue weighted by Crippen LogP contribution is 2.08. The number of rotatable bonds is 5. The maximum absolute atomic E-state index is 11.8. The first-order valence-electron chi connectivity index (χ1n) is 5.75. The fourth-order valence-corrected chi connectivity index (χ4v) is 1.58. The monoisotopic (exact) mass is 223 g/mol. The maximum Gasteiger partial charge on any atom is 0.155 e. The van der Waals surface area contributed by atoms with Gasteiger partial charge >= 0.3 is 0 Å². The van der Waals surface area contributed by atoms with Crippen molar-refractivity contribution in [3.63, 3.8) is 0 Å². The number of nitrogens with two attached hydrogens (primary N) is 1. The molecule has 1 rings (SSSR count). The second kappa shape index (κ2) is 5.25. The molecule has 0 bridgehead atoms. The lowest BCUT2D eigenvalue weighted by Gasteiger charge is -2.13. The summed E-state index contributed by atoms with van der Waals surface area (Å²) in [7, 11) is 1.86. The van der Waals surface area contributed by atoms with Crippen molar-refractivity contribution in [3.05, 3.63) is 17.5 Å². The first kappa shape index (κ1) is 12.9. The maximum atomic E-state index is 11.8. The van der Waals surface area contributed by atoms with Crippen LogP contribution in [0.1, 0.15) is 32.2 Å². The molecular weight excluding hydrogens is 202 g/mol. The van der Waals surface area contributed by atoms with Gasteiger partial charge in [-0.2, -0.15) is 5.10 Å². The first-order valence-corrected chi connectivity index (χ1v) is 5.75. The fourth-order valence-electron chi connectivity index (χ4n) is 1.58. The van der Waals surface area contributed by atoms with Crippen molar-refractivity contribution < 1.29 is 4.79 Å². The normalized spacial score (nSPS) is 13.1. The quantitative estimate of drug-likeness (QED) is 0.812. The van der Waals surface area contributed by atoms with Gasteiger partial charge in [0.05, 0.1) is 18.2 Å². The average Bonchev–Trinajstić information content (AvgIpc) is 2.58. The molecule has 1 unspecified atom stereocenters. The van der Waals surface area contributed by atoms with E-state index in [1.54, 1.807) is 4.68 Å². The summed E-state index contributed by atoms with van der Waals surface area (Å²) in [6.07, 6.45) is 1.26. The van der Waals surface area contributed by atoms with Gasteiger partial charge in [0.25, 0.3) is 0 Å². The van der Waals surface area contributed by atoms with Gasteiger partial charge in [-0.1, -0.05) is 20.8 Å². The van der Waals surface area contributed by atoms with Crippen molar-refractivity contribution in [2.75, 3.05) is 0 Å². The summed E-state index contributed by atoms with van der Waals surface area (Å²) in [5, 5.41) is 4.31. The van der Waals surface area contributed by atoms with Crippen molar-refractivity contribution in [1.82, 2.24) is 9.78 Å². The third kappa shape index (κ3) is 2.92. The van der Waals surface area contributed by atoms with Crippen LogP contribution in [0.2, 0.25) is 0 Å². The van der Waals surface area contributed by atoms with Crippen LogP contribution in [-0.4, -0.2) is 21.6 Å². The molecule has 0 aromatic carbocycles. The van der Waals surface area contributed by atoms with E-state index in [-0.39, 0.29) is 17.7 Å². The van der Waals surface area contributed by atoms with Crippen molar-refractivity contribution >= 4 is 5.78 Å². The lowest BCUT2D eigenvalue weighted by Crippen LogP contribution is -2.36. The van der Waals surface area contributed by atoms with Crippen LogP contribution in [0.5, 0.6) is 0 Å². The number of carbonyl (C=O) groups is 1. The van der Waals surface area contributed by atoms with E-state index in [2.05, 4.69) is 5.10 Å². The average molecular weight is 223 g/mol. The minimum absolute atomic E-state index is 0.0839. The smallest absolute Gasteiger partial charge is 0.155 e. The number of Topliss-reactive ketones (excluding diaryl/α,β-unsaturated/α-hetero) is 1. The van der Waals surface area contributed by atoms with Crippen LogP contribution < -0.4 is 5.73 Å². The summed E-state index contributed by atoms with van der Waals surface area (Å²) in [6, 6.07) is 1.60. The van der Waals surface area contributed by atoms with E-state index in [1.165, 1.54) is 0 Å². The summed E-state index contributed by atoms with van der Waals surface area (Å²) in [4.78, 5) is 11.8. The van der Waals surface area contributed by atoms with Crippen LogP contribution in [-0.2, 0) is 24.7 Å². The fraction of sp³-hybridized carbons (Fsp3) is 0.667. The minimum Gasteiger partial charge on any atom is -0.321 e. The number of hydrogen-bond acceptors (Lipinski definition) is 3. The van der Waals surface area contributed by atoms with Gasteiger partial charge in [0.15, 0.2) is 5.78 Å². The Hall–Kier alpha value is -1.16. The summed E-state index contributed by atoms with van der Waals surface area (Å²) in [5.41, 5.74) is 7.78. The van der Waals surface area contributed by atoms with E-state index in [4.69, 9.17) is 5.73 Å². The van der Waals surface area contributed by atoms with Crippen LogP contribution >= 0.6 is 0 Å². The van der Waals surface area contributed by atoms with Gasteiger partial charge in [-0.3, -0.25) is 9.48 Å². The number of nitrogens with zero attached hydrogens (tertiary/aromatic N) is 2. The Morgan fingerprint density at radius 2 is 2.19 bits per heavy atom. The molecule has 1 aromatic rings. The van der Waals surface area contributed by atoms with E-state index in [9.17, 15) is 4.79 Å². The molecule has 1 atom stereocenters. The number of ketones is 1. The molecular formula is C12H21N3O. The van der Waals surface area contributed by atoms with E-state index < -0.39 is 0 Å². The zero-order chi connectivity index (χ0) is 12.3. The van der Waals surface area contributed by atoms with Gasteiger partial charge in [-0.05, 0) is 18.4 Å². The Bertz CT molecular complexity index is 368. The molecule has 0 aliphatic carbocycles. The van der Waals surface area contributed by atoms with E-state index in [1.807, 2.05) is 33.9 Å². The lowest BCUT2D eigenvalue weighted by atomic mass is 9.98. The molecule has 90 valence electrons. The molecule has 0 spiro atoms. The number of aryl methyl sites for hydroxylation is 2. The van der Waals surface area contributed by atoms with Crippen LogP contribution in [0.25, 0.3) is 0 Å². The van der Waals surface area contributed by atoms with Gasteiger partial charge in [-0.15, -0.1) is 0 Å². The molecule has 0 fully saturated rings. The van der Waals surface area contributed by atoms with Crippen molar-refractivity contribution in [3.8, 4) is 0 Å². The number of aromatic nitrogens is 2. The molecule has 0 saturated heterocycles. The van der Waals surface area contributed by atoms with Crippen molar-refractivity contribution in [2.24, 2.45) is 18.7 Å². The van der Waals surface area contributed by atoms with Crippen molar-refractivity contribution in [1.29, 1.82) is 0 Å². The van der Waals surface area contributed by atoms with Crippen LogP contribution in [0.4, 0.5) is 0 Å². The summed E-state index contributed by atoms with van der Waals surface area (Å²) < 4.78 is 1.77. The predicted molar refractivity (Wildman–Crippen MR) is 64.1 cm³/mol. The van der Waals surface area contributed by atoms with E-state index in [0.29, 0.717) is 6.42 Å². The first-order chi connectivity index (χ1) is 7.45. The molecule has 2 N–H and O–H groups in total. The third-order valence-corrected chi connectivity index (χ3v) is 2.83. The molecule has 0 saturated carbocycles. The second-order valence-corrected chi connectivity index (χ2v) is 4.52. The SMILES string of the molecule is CCc1cc(CC(=O)C(N)C(C)C)n(C)n1. The zero-order valence-electron chi connectivity index (χ0n) is 10.5. The highest BCUT2D eigenvalue weighted by molar-refractivity contribution is 5.85. The minimum atomic E-state index is -0.375. The molecule has 4 heteroatoms. The van der Waals surface area contributed by atoms with Gasteiger partial charge in [0.1, 0.15) is 0 Å². The topological polar surface area (TPSA) is 60.9 Å². The Morgan fingerprint density at radius 3 is 2.62 bits per heavy atom. The third-order valence-electron chi connectivity index (χ3n) is 2.83. The van der Waals surface area contributed by atoms with Crippen LogP contribution in [0, 0.1) is 5.92 Å². The molecule has 1 aromatic heterocycles. The van der Waals surface area contributed by atoms with Gasteiger partial charge in [-0.25, -0.2) is 0 Å². The van der Waals surface area contributed by atoms with E-state index in [0.717, 1.165) is 17.8 Å². The predicted octanol–water partition coefficient (Wildman–Crippen LogP) is 1.08. The van der Waals surface area contributed by atoms with Gasteiger partial charge in [0.2, 0.25) is 0 Å². The number of hydrogen-bond donors (Lipinski definition) is 1. The Morgan fingerprint density at radius 1 is 1.56 bits per heavy atom. The molecule has 0 aliphatic rings. The molecule has 4 nitrogen and oxygen atoms in total. The molecule has 0 amide bonds. The highest BCUT2D eigenvalue weighted by atomic mass is 16.1. The molecule has 16 heavy (non-hydrogen) atoms. The summed E-state index contributed by atoms with van der Waals surface area (Å²) >= 11 is 0. The molecule has 0 radical (unpaired) electrons. The van der Waals surface area contributed by atoms with Crippen LogP contribution in [0.3, 0.4) is 0 Å². The zero-order valence-corrected chi connectivity index (χ0v) is 10.5. The Labute approximate surface area is 96.8 Å². The second-order valence-electron chi connectivity index (χ2n) is 4.52.